The number of hydrogen-bond acceptors (Lipinski definition) is 2. The SMILES string of the molecule is CC(C)n1cnnc1C1C2CC3CC(C2)CC1C3. The highest BCUT2D eigenvalue weighted by molar-refractivity contribution is 5.11. The molecule has 4 aliphatic rings. The molecule has 4 aliphatic carbocycles. The molecular formula is C15H23N3. The number of rotatable bonds is 2. The minimum Gasteiger partial charge on any atom is -0.315 e. The second kappa shape index (κ2) is 3.82. The van der Waals surface area contributed by atoms with Gasteiger partial charge in [-0.1, -0.05) is 0 Å². The molecular weight excluding hydrogens is 222 g/mol. The van der Waals surface area contributed by atoms with Gasteiger partial charge in [-0.25, -0.2) is 0 Å². The van der Waals surface area contributed by atoms with Crippen LogP contribution in [0.5, 0.6) is 0 Å². The Kier molecular flexibility index (Phi) is 2.33. The van der Waals surface area contributed by atoms with E-state index in [0.717, 1.165) is 23.7 Å². The Morgan fingerprint density at radius 3 is 2.22 bits per heavy atom. The maximum atomic E-state index is 4.50. The van der Waals surface area contributed by atoms with E-state index < -0.39 is 0 Å². The third kappa shape index (κ3) is 1.49. The molecule has 98 valence electrons. The number of nitrogens with zero attached hydrogens (tertiary/aromatic N) is 3. The predicted molar refractivity (Wildman–Crippen MR) is 70.2 cm³/mol. The molecule has 0 spiro atoms. The topological polar surface area (TPSA) is 30.7 Å². The van der Waals surface area contributed by atoms with Gasteiger partial charge in [-0.15, -0.1) is 10.2 Å². The molecule has 0 atom stereocenters. The molecule has 0 saturated heterocycles. The van der Waals surface area contributed by atoms with Gasteiger partial charge in [0.25, 0.3) is 0 Å². The van der Waals surface area contributed by atoms with Crippen LogP contribution in [0.15, 0.2) is 6.33 Å². The zero-order chi connectivity index (χ0) is 12.3. The summed E-state index contributed by atoms with van der Waals surface area (Å²) < 4.78 is 2.31. The van der Waals surface area contributed by atoms with Crippen LogP contribution >= 0.6 is 0 Å². The molecule has 0 N–H and O–H groups in total. The summed E-state index contributed by atoms with van der Waals surface area (Å²) in [6.45, 7) is 4.48. The molecule has 0 aromatic carbocycles. The summed E-state index contributed by atoms with van der Waals surface area (Å²) in [6, 6.07) is 0.493. The van der Waals surface area contributed by atoms with Crippen molar-refractivity contribution in [3.8, 4) is 0 Å². The zero-order valence-electron chi connectivity index (χ0n) is 11.4. The van der Waals surface area contributed by atoms with Crippen LogP contribution in [0.4, 0.5) is 0 Å². The van der Waals surface area contributed by atoms with Gasteiger partial charge in [0.15, 0.2) is 0 Å². The minimum absolute atomic E-state index is 0.493. The van der Waals surface area contributed by atoms with Crippen LogP contribution in [0.3, 0.4) is 0 Å². The fourth-order valence-corrected chi connectivity index (χ4v) is 5.23. The summed E-state index contributed by atoms with van der Waals surface area (Å²) in [7, 11) is 0. The predicted octanol–water partition coefficient (Wildman–Crippen LogP) is 3.40. The molecule has 4 bridgehead atoms. The second-order valence-corrected chi connectivity index (χ2v) is 7.15. The maximum absolute atomic E-state index is 4.50. The Hall–Kier alpha value is -0.860. The summed E-state index contributed by atoms with van der Waals surface area (Å²) >= 11 is 0. The third-order valence-electron chi connectivity index (χ3n) is 5.68. The quantitative estimate of drug-likeness (QED) is 0.799. The van der Waals surface area contributed by atoms with Crippen molar-refractivity contribution in [1.29, 1.82) is 0 Å². The van der Waals surface area contributed by atoms with Crippen molar-refractivity contribution < 1.29 is 0 Å². The van der Waals surface area contributed by atoms with E-state index in [9.17, 15) is 0 Å². The number of aromatic nitrogens is 3. The van der Waals surface area contributed by atoms with Gasteiger partial charge in [0.1, 0.15) is 12.2 Å². The van der Waals surface area contributed by atoms with E-state index >= 15 is 0 Å². The Labute approximate surface area is 109 Å². The molecule has 5 rings (SSSR count). The largest absolute Gasteiger partial charge is 0.315 e. The Morgan fingerprint density at radius 1 is 1.06 bits per heavy atom. The van der Waals surface area contributed by atoms with Crippen LogP contribution in [-0.4, -0.2) is 14.8 Å². The fraction of sp³-hybridized carbons (Fsp3) is 0.867. The first kappa shape index (κ1) is 11.0. The van der Waals surface area contributed by atoms with Crippen molar-refractivity contribution in [1.82, 2.24) is 14.8 Å². The smallest absolute Gasteiger partial charge is 0.136 e. The van der Waals surface area contributed by atoms with E-state index in [1.165, 1.54) is 37.9 Å². The summed E-state index contributed by atoms with van der Waals surface area (Å²) in [5.74, 6) is 5.89. The molecule has 3 heteroatoms. The van der Waals surface area contributed by atoms with Crippen LogP contribution in [0.1, 0.15) is 63.7 Å². The highest BCUT2D eigenvalue weighted by Gasteiger charge is 2.50. The first-order valence-corrected chi connectivity index (χ1v) is 7.61. The monoisotopic (exact) mass is 245 g/mol. The van der Waals surface area contributed by atoms with Gasteiger partial charge < -0.3 is 4.57 Å². The first-order valence-electron chi connectivity index (χ1n) is 7.61. The van der Waals surface area contributed by atoms with Crippen molar-refractivity contribution in [3.63, 3.8) is 0 Å². The third-order valence-corrected chi connectivity index (χ3v) is 5.68. The van der Waals surface area contributed by atoms with Crippen LogP contribution < -0.4 is 0 Å². The van der Waals surface area contributed by atoms with Crippen molar-refractivity contribution in [2.24, 2.45) is 23.7 Å². The minimum atomic E-state index is 0.493. The van der Waals surface area contributed by atoms with Crippen LogP contribution in [0.25, 0.3) is 0 Å². The van der Waals surface area contributed by atoms with Gasteiger partial charge in [-0.2, -0.15) is 0 Å². The Bertz CT molecular complexity index is 420. The lowest BCUT2D eigenvalue weighted by Crippen LogP contribution is -2.44. The zero-order valence-corrected chi connectivity index (χ0v) is 11.4. The normalized spacial score (nSPS) is 41.8. The first-order chi connectivity index (χ1) is 8.72. The van der Waals surface area contributed by atoms with E-state index in [1.807, 2.05) is 6.33 Å². The molecule has 1 aromatic rings. The van der Waals surface area contributed by atoms with Crippen molar-refractivity contribution in [2.75, 3.05) is 0 Å². The molecule has 0 unspecified atom stereocenters. The van der Waals surface area contributed by atoms with Crippen LogP contribution in [0.2, 0.25) is 0 Å². The molecule has 1 heterocycles. The Morgan fingerprint density at radius 2 is 1.67 bits per heavy atom. The molecule has 0 radical (unpaired) electrons. The van der Waals surface area contributed by atoms with Crippen molar-refractivity contribution in [2.45, 2.75) is 57.9 Å². The van der Waals surface area contributed by atoms with Gasteiger partial charge in [-0.3, -0.25) is 0 Å². The maximum Gasteiger partial charge on any atom is 0.136 e. The average molecular weight is 245 g/mol. The summed E-state index contributed by atoms with van der Waals surface area (Å²) in [5.41, 5.74) is 0. The fourth-order valence-electron chi connectivity index (χ4n) is 5.23. The molecule has 4 fully saturated rings. The van der Waals surface area contributed by atoms with E-state index in [4.69, 9.17) is 0 Å². The molecule has 18 heavy (non-hydrogen) atoms. The van der Waals surface area contributed by atoms with E-state index in [2.05, 4.69) is 28.6 Å². The molecule has 3 nitrogen and oxygen atoms in total. The lowest BCUT2D eigenvalue weighted by Gasteiger charge is -2.54. The van der Waals surface area contributed by atoms with Gasteiger partial charge in [0, 0.05) is 12.0 Å². The van der Waals surface area contributed by atoms with E-state index in [0.29, 0.717) is 12.0 Å². The van der Waals surface area contributed by atoms with Crippen LogP contribution in [0, 0.1) is 23.7 Å². The number of hydrogen-bond donors (Lipinski definition) is 0. The van der Waals surface area contributed by atoms with Gasteiger partial charge in [0.2, 0.25) is 0 Å². The average Bonchev–Trinajstić information content (AvgIpc) is 2.76. The molecule has 0 aliphatic heterocycles. The molecule has 1 aromatic heterocycles. The van der Waals surface area contributed by atoms with Gasteiger partial charge in [0.05, 0.1) is 0 Å². The molecule has 4 saturated carbocycles. The highest BCUT2D eigenvalue weighted by atomic mass is 15.3. The van der Waals surface area contributed by atoms with E-state index in [1.54, 1.807) is 0 Å². The summed E-state index contributed by atoms with van der Waals surface area (Å²) in [6.07, 6.45) is 9.30. The lowest BCUT2D eigenvalue weighted by atomic mass is 9.51. The van der Waals surface area contributed by atoms with Crippen LogP contribution in [-0.2, 0) is 0 Å². The second-order valence-electron chi connectivity index (χ2n) is 7.15. The van der Waals surface area contributed by atoms with Crippen molar-refractivity contribution in [3.05, 3.63) is 12.2 Å². The summed E-state index contributed by atoms with van der Waals surface area (Å²) in [4.78, 5) is 0. The standard InChI is InChI=1S/C15H23N3/c1-9(2)18-8-16-17-15(18)14-12-4-10-3-11(6-12)7-13(14)5-10/h8-14H,3-7H2,1-2H3. The highest BCUT2D eigenvalue weighted by Crippen LogP contribution is 2.59. The molecule has 0 amide bonds. The lowest BCUT2D eigenvalue weighted by molar-refractivity contribution is -0.00713. The Balaban J connectivity index is 1.70. The van der Waals surface area contributed by atoms with Gasteiger partial charge >= 0.3 is 0 Å². The van der Waals surface area contributed by atoms with Crippen molar-refractivity contribution >= 4 is 0 Å². The van der Waals surface area contributed by atoms with E-state index in [-0.39, 0.29) is 0 Å². The van der Waals surface area contributed by atoms with Gasteiger partial charge in [-0.05, 0) is 69.6 Å². The summed E-state index contributed by atoms with van der Waals surface area (Å²) in [5, 5.41) is 8.69.